The summed E-state index contributed by atoms with van der Waals surface area (Å²) >= 11 is 6.04. The molecule has 0 atom stereocenters. The number of carbonyl (C=O) groups is 1. The van der Waals surface area contributed by atoms with E-state index >= 15 is 0 Å². The maximum absolute atomic E-state index is 11.9. The molecule has 0 saturated carbocycles. The second-order valence-corrected chi connectivity index (χ2v) is 5.16. The number of hydrogen-bond acceptors (Lipinski definition) is 3. The number of benzene rings is 1. The zero-order valence-electron chi connectivity index (χ0n) is 12.5. The fourth-order valence-electron chi connectivity index (χ4n) is 1.95. The van der Waals surface area contributed by atoms with Gasteiger partial charge in [-0.3, -0.25) is 4.98 Å². The highest BCUT2D eigenvalue weighted by molar-refractivity contribution is 6.31. The molecule has 0 fully saturated rings. The van der Waals surface area contributed by atoms with Crippen LogP contribution in [0.4, 0.5) is 10.5 Å². The quantitative estimate of drug-likeness (QED) is 0.887. The Kier molecular flexibility index (Phi) is 5.61. The summed E-state index contributed by atoms with van der Waals surface area (Å²) in [7, 11) is 1.53. The fourth-order valence-corrected chi connectivity index (χ4v) is 2.10. The minimum atomic E-state index is -0.295. The van der Waals surface area contributed by atoms with Crippen LogP contribution < -0.4 is 15.4 Å². The zero-order valence-corrected chi connectivity index (χ0v) is 13.3. The van der Waals surface area contributed by atoms with Gasteiger partial charge in [-0.15, -0.1) is 0 Å². The van der Waals surface area contributed by atoms with E-state index in [4.69, 9.17) is 16.3 Å². The van der Waals surface area contributed by atoms with Crippen molar-refractivity contribution < 1.29 is 9.53 Å². The molecule has 5 nitrogen and oxygen atoms in total. The van der Waals surface area contributed by atoms with E-state index in [1.54, 1.807) is 18.3 Å². The molecule has 0 unspecified atom stereocenters. The number of urea groups is 1. The number of hydrogen-bond donors (Lipinski definition) is 2. The Labute approximate surface area is 134 Å². The summed E-state index contributed by atoms with van der Waals surface area (Å²) in [5, 5.41) is 6.14. The van der Waals surface area contributed by atoms with Crippen LogP contribution in [0.25, 0.3) is 0 Å². The summed E-state index contributed by atoms with van der Waals surface area (Å²) in [4.78, 5) is 16.1. The number of rotatable bonds is 5. The van der Waals surface area contributed by atoms with Crippen molar-refractivity contribution >= 4 is 23.3 Å². The molecule has 2 amide bonds. The molecular formula is C16H18ClN3O2. The first kappa shape index (κ1) is 16.1. The minimum Gasteiger partial charge on any atom is -0.495 e. The Balaban J connectivity index is 1.90. The molecule has 1 aromatic carbocycles. The number of aryl methyl sites for hydroxylation is 1. The number of pyridine rings is 1. The first-order valence-electron chi connectivity index (χ1n) is 6.89. The highest BCUT2D eigenvalue weighted by Gasteiger charge is 2.10. The van der Waals surface area contributed by atoms with Crippen molar-refractivity contribution in [3.8, 4) is 5.75 Å². The number of anilines is 1. The van der Waals surface area contributed by atoms with Gasteiger partial charge < -0.3 is 15.4 Å². The summed E-state index contributed by atoms with van der Waals surface area (Å²) in [6, 6.07) is 8.86. The molecule has 0 radical (unpaired) electrons. The van der Waals surface area contributed by atoms with Gasteiger partial charge >= 0.3 is 6.03 Å². The summed E-state index contributed by atoms with van der Waals surface area (Å²) in [6.07, 6.45) is 2.40. The van der Waals surface area contributed by atoms with Gasteiger partial charge in [0.15, 0.2) is 0 Å². The standard InChI is InChI=1S/C16H18ClN3O2/c1-11-9-14(15(22-2)10-13(11)17)20-16(21)19-8-6-12-5-3-4-7-18-12/h3-5,7,9-10H,6,8H2,1-2H3,(H2,19,20,21). The Morgan fingerprint density at radius 1 is 1.36 bits per heavy atom. The van der Waals surface area contributed by atoms with Crippen molar-refractivity contribution in [3.05, 3.63) is 52.8 Å². The zero-order chi connectivity index (χ0) is 15.9. The third-order valence-electron chi connectivity index (χ3n) is 3.12. The highest BCUT2D eigenvalue weighted by Crippen LogP contribution is 2.30. The van der Waals surface area contributed by atoms with E-state index in [1.807, 2.05) is 25.1 Å². The van der Waals surface area contributed by atoms with E-state index in [9.17, 15) is 4.79 Å². The van der Waals surface area contributed by atoms with E-state index in [2.05, 4.69) is 15.6 Å². The van der Waals surface area contributed by atoms with Crippen LogP contribution in [0.1, 0.15) is 11.3 Å². The van der Waals surface area contributed by atoms with Crippen molar-refractivity contribution in [3.63, 3.8) is 0 Å². The van der Waals surface area contributed by atoms with Crippen LogP contribution in [0, 0.1) is 6.92 Å². The largest absolute Gasteiger partial charge is 0.495 e. The third-order valence-corrected chi connectivity index (χ3v) is 3.53. The van der Waals surface area contributed by atoms with E-state index in [-0.39, 0.29) is 6.03 Å². The SMILES string of the molecule is COc1cc(Cl)c(C)cc1NC(=O)NCCc1ccccn1. The topological polar surface area (TPSA) is 63.2 Å². The second kappa shape index (κ2) is 7.66. The molecule has 0 saturated heterocycles. The van der Waals surface area contributed by atoms with Crippen LogP contribution >= 0.6 is 11.6 Å². The monoisotopic (exact) mass is 319 g/mol. The molecule has 2 N–H and O–H groups in total. The van der Waals surface area contributed by atoms with Gasteiger partial charge in [-0.1, -0.05) is 17.7 Å². The summed E-state index contributed by atoms with van der Waals surface area (Å²) < 4.78 is 5.22. The van der Waals surface area contributed by atoms with Crippen LogP contribution in [-0.2, 0) is 6.42 Å². The Morgan fingerprint density at radius 3 is 2.86 bits per heavy atom. The molecule has 0 aliphatic carbocycles. The molecule has 116 valence electrons. The summed E-state index contributed by atoms with van der Waals surface area (Å²) in [5.74, 6) is 0.524. The first-order chi connectivity index (χ1) is 10.6. The van der Waals surface area contributed by atoms with E-state index < -0.39 is 0 Å². The van der Waals surface area contributed by atoms with Gasteiger partial charge in [0, 0.05) is 35.9 Å². The Morgan fingerprint density at radius 2 is 2.18 bits per heavy atom. The second-order valence-electron chi connectivity index (χ2n) is 4.75. The average molecular weight is 320 g/mol. The lowest BCUT2D eigenvalue weighted by Crippen LogP contribution is -2.30. The van der Waals surface area contributed by atoms with E-state index in [1.165, 1.54) is 7.11 Å². The molecule has 0 aliphatic rings. The lowest BCUT2D eigenvalue weighted by atomic mass is 10.2. The van der Waals surface area contributed by atoms with Gasteiger partial charge in [0.1, 0.15) is 5.75 Å². The average Bonchev–Trinajstić information content (AvgIpc) is 2.51. The van der Waals surface area contributed by atoms with Crippen LogP contribution in [0.2, 0.25) is 5.02 Å². The van der Waals surface area contributed by atoms with Crippen LogP contribution in [0.15, 0.2) is 36.5 Å². The highest BCUT2D eigenvalue weighted by atomic mass is 35.5. The van der Waals surface area contributed by atoms with Crippen molar-refractivity contribution in [1.82, 2.24) is 10.3 Å². The molecule has 0 spiro atoms. The summed E-state index contributed by atoms with van der Waals surface area (Å²) in [6.45, 7) is 2.36. The van der Waals surface area contributed by atoms with Crippen LogP contribution in [0.3, 0.4) is 0 Å². The number of nitrogens with one attached hydrogen (secondary N) is 2. The first-order valence-corrected chi connectivity index (χ1v) is 7.27. The number of nitrogens with zero attached hydrogens (tertiary/aromatic N) is 1. The Hall–Kier alpha value is -2.27. The van der Waals surface area contributed by atoms with E-state index in [0.29, 0.717) is 29.4 Å². The van der Waals surface area contributed by atoms with Gasteiger partial charge in [0.05, 0.1) is 12.8 Å². The predicted molar refractivity (Wildman–Crippen MR) is 87.7 cm³/mol. The number of halogens is 1. The number of aromatic nitrogens is 1. The minimum absolute atomic E-state index is 0.295. The molecule has 0 bridgehead atoms. The molecule has 22 heavy (non-hydrogen) atoms. The lowest BCUT2D eigenvalue weighted by molar-refractivity contribution is 0.252. The molecule has 6 heteroatoms. The van der Waals surface area contributed by atoms with Gasteiger partial charge in [-0.25, -0.2) is 4.79 Å². The molecule has 1 heterocycles. The van der Waals surface area contributed by atoms with Crippen molar-refractivity contribution in [2.45, 2.75) is 13.3 Å². The summed E-state index contributed by atoms with van der Waals surface area (Å²) in [5.41, 5.74) is 2.38. The number of methoxy groups -OCH3 is 1. The predicted octanol–water partition coefficient (Wildman–Crippen LogP) is 3.42. The van der Waals surface area contributed by atoms with Crippen molar-refractivity contribution in [1.29, 1.82) is 0 Å². The maximum atomic E-state index is 11.9. The van der Waals surface area contributed by atoms with Gasteiger partial charge in [0.2, 0.25) is 0 Å². The van der Waals surface area contributed by atoms with Gasteiger partial charge in [0.25, 0.3) is 0 Å². The normalized spacial score (nSPS) is 10.1. The molecular weight excluding hydrogens is 302 g/mol. The van der Waals surface area contributed by atoms with Crippen molar-refractivity contribution in [2.75, 3.05) is 19.0 Å². The van der Waals surface area contributed by atoms with Crippen molar-refractivity contribution in [2.24, 2.45) is 0 Å². The number of amides is 2. The van der Waals surface area contributed by atoms with Gasteiger partial charge in [-0.2, -0.15) is 0 Å². The smallest absolute Gasteiger partial charge is 0.319 e. The molecule has 0 aliphatic heterocycles. The Bertz CT molecular complexity index is 647. The molecule has 1 aromatic heterocycles. The fraction of sp³-hybridized carbons (Fsp3) is 0.250. The van der Waals surface area contributed by atoms with E-state index in [0.717, 1.165) is 11.3 Å². The third kappa shape index (κ3) is 4.36. The van der Waals surface area contributed by atoms with Crippen LogP contribution in [0.5, 0.6) is 5.75 Å². The van der Waals surface area contributed by atoms with Crippen LogP contribution in [-0.4, -0.2) is 24.7 Å². The number of ether oxygens (including phenoxy) is 1. The number of carbonyl (C=O) groups excluding carboxylic acids is 1. The molecule has 2 rings (SSSR count). The maximum Gasteiger partial charge on any atom is 0.319 e. The molecule has 2 aromatic rings. The van der Waals surface area contributed by atoms with Gasteiger partial charge in [-0.05, 0) is 30.7 Å². The lowest BCUT2D eigenvalue weighted by Gasteiger charge is -2.13.